The van der Waals surface area contributed by atoms with Gasteiger partial charge >= 0.3 is 5.97 Å². The third-order valence-corrected chi connectivity index (χ3v) is 1.05. The van der Waals surface area contributed by atoms with Crippen LogP contribution >= 0.6 is 0 Å². The molecule has 0 aliphatic rings. The molecule has 0 saturated carbocycles. The molecule has 0 saturated heterocycles. The molecule has 9 heavy (non-hydrogen) atoms. The van der Waals surface area contributed by atoms with Crippen LogP contribution in [0.2, 0.25) is 0 Å². The summed E-state index contributed by atoms with van der Waals surface area (Å²) in [6, 6.07) is 0.129. The Balaban J connectivity index is 3.01. The van der Waals surface area contributed by atoms with Crippen molar-refractivity contribution in [1.29, 1.82) is 0 Å². The summed E-state index contributed by atoms with van der Waals surface area (Å²) in [5, 5.41) is 8.19. The van der Waals surface area contributed by atoms with Crippen LogP contribution in [0, 0.1) is 0 Å². The lowest BCUT2D eigenvalue weighted by Gasteiger charge is -2.00. The average Bonchev–Trinajstić information content (AvgIpc) is 1.63. The van der Waals surface area contributed by atoms with Gasteiger partial charge in [0.05, 0.1) is 0 Å². The number of hydrogen-bond donors (Lipinski definition) is 2. The van der Waals surface area contributed by atoms with Crippen molar-refractivity contribution < 1.29 is 9.90 Å². The van der Waals surface area contributed by atoms with Crippen molar-refractivity contribution in [1.82, 2.24) is 0 Å². The number of carboxylic acids is 1. The molecule has 1 atom stereocenters. The summed E-state index contributed by atoms with van der Waals surface area (Å²) in [6.07, 6.45) is 1.72. The van der Waals surface area contributed by atoms with Gasteiger partial charge in [-0.15, -0.1) is 0 Å². The first-order chi connectivity index (χ1) is 4.13. The largest absolute Gasteiger partial charge is 0.481 e. The van der Waals surface area contributed by atoms with E-state index in [9.17, 15) is 4.79 Å². The Bertz CT molecular complexity index is 91.1. The zero-order valence-corrected chi connectivity index (χ0v) is 5.63. The van der Waals surface area contributed by atoms with Gasteiger partial charge in [0, 0.05) is 12.5 Å². The van der Waals surface area contributed by atoms with Crippen LogP contribution in [0.5, 0.6) is 0 Å². The summed E-state index contributed by atoms with van der Waals surface area (Å²) in [4.78, 5) is 9.94. The molecule has 54 valence electrons. The standard InChI is InChI=1S/C6H13NO2/c1-5(7)3-2-4-6(8)9/h5H,2-4,7H2,1H3,(H,8,9)/t5-/m1/s1. The van der Waals surface area contributed by atoms with Gasteiger partial charge in [0.25, 0.3) is 0 Å². The van der Waals surface area contributed by atoms with Gasteiger partial charge < -0.3 is 10.8 Å². The first-order valence-corrected chi connectivity index (χ1v) is 3.10. The fourth-order valence-electron chi connectivity index (χ4n) is 0.575. The van der Waals surface area contributed by atoms with Crippen molar-refractivity contribution in [2.45, 2.75) is 32.2 Å². The zero-order valence-electron chi connectivity index (χ0n) is 5.63. The van der Waals surface area contributed by atoms with Gasteiger partial charge in [-0.1, -0.05) is 0 Å². The molecular weight excluding hydrogens is 118 g/mol. The maximum Gasteiger partial charge on any atom is 0.303 e. The summed E-state index contributed by atoms with van der Waals surface area (Å²) < 4.78 is 0. The molecule has 0 fully saturated rings. The summed E-state index contributed by atoms with van der Waals surface area (Å²) in [5.74, 6) is -0.740. The first-order valence-electron chi connectivity index (χ1n) is 3.10. The minimum absolute atomic E-state index is 0.129. The minimum atomic E-state index is -0.740. The van der Waals surface area contributed by atoms with Gasteiger partial charge in [-0.05, 0) is 19.8 Å². The predicted octanol–water partition coefficient (Wildman–Crippen LogP) is 0.589. The van der Waals surface area contributed by atoms with Crippen LogP contribution in [0.15, 0.2) is 0 Å². The lowest BCUT2D eigenvalue weighted by atomic mass is 10.1. The van der Waals surface area contributed by atoms with Gasteiger partial charge in [-0.2, -0.15) is 0 Å². The number of carbonyl (C=O) groups is 1. The Kier molecular flexibility index (Phi) is 4.05. The van der Waals surface area contributed by atoms with E-state index in [2.05, 4.69) is 0 Å². The molecule has 0 radical (unpaired) electrons. The number of carboxylic acid groups (broad SMARTS) is 1. The molecule has 0 aromatic carbocycles. The van der Waals surface area contributed by atoms with Gasteiger partial charge in [-0.25, -0.2) is 0 Å². The van der Waals surface area contributed by atoms with Gasteiger partial charge in [-0.3, -0.25) is 4.79 Å². The second-order valence-corrected chi connectivity index (χ2v) is 2.26. The minimum Gasteiger partial charge on any atom is -0.481 e. The molecule has 0 aliphatic carbocycles. The van der Waals surface area contributed by atoms with E-state index in [1.807, 2.05) is 6.92 Å². The zero-order chi connectivity index (χ0) is 7.28. The Morgan fingerprint density at radius 3 is 2.67 bits per heavy atom. The fraction of sp³-hybridized carbons (Fsp3) is 0.833. The second kappa shape index (κ2) is 4.32. The van der Waals surface area contributed by atoms with E-state index < -0.39 is 5.97 Å². The molecule has 0 amide bonds. The molecule has 0 unspecified atom stereocenters. The quantitative estimate of drug-likeness (QED) is 0.587. The van der Waals surface area contributed by atoms with E-state index in [4.69, 9.17) is 10.8 Å². The monoisotopic (exact) mass is 131 g/mol. The third kappa shape index (κ3) is 7.43. The van der Waals surface area contributed by atoms with E-state index in [1.54, 1.807) is 0 Å². The van der Waals surface area contributed by atoms with Gasteiger partial charge in [0.15, 0.2) is 0 Å². The van der Waals surface area contributed by atoms with E-state index in [-0.39, 0.29) is 12.5 Å². The van der Waals surface area contributed by atoms with Crippen LogP contribution < -0.4 is 5.73 Å². The topological polar surface area (TPSA) is 63.3 Å². The van der Waals surface area contributed by atoms with Crippen molar-refractivity contribution in [3.05, 3.63) is 0 Å². The Hall–Kier alpha value is -0.570. The van der Waals surface area contributed by atoms with Crippen molar-refractivity contribution in [2.24, 2.45) is 5.73 Å². The molecule has 0 bridgehead atoms. The fourth-order valence-corrected chi connectivity index (χ4v) is 0.575. The van der Waals surface area contributed by atoms with Crippen LogP contribution in [0.25, 0.3) is 0 Å². The lowest BCUT2D eigenvalue weighted by molar-refractivity contribution is -0.137. The average molecular weight is 131 g/mol. The lowest BCUT2D eigenvalue weighted by Crippen LogP contribution is -2.14. The molecule has 0 spiro atoms. The van der Waals surface area contributed by atoms with E-state index in [0.29, 0.717) is 6.42 Å². The summed E-state index contributed by atoms with van der Waals surface area (Å²) in [6.45, 7) is 1.88. The summed E-state index contributed by atoms with van der Waals surface area (Å²) >= 11 is 0. The SMILES string of the molecule is C[C@@H](N)CCCC(=O)O. The Morgan fingerprint density at radius 1 is 1.78 bits per heavy atom. The van der Waals surface area contributed by atoms with E-state index in [1.165, 1.54) is 0 Å². The molecule has 3 N–H and O–H groups in total. The maximum absolute atomic E-state index is 9.94. The molecule has 0 aromatic rings. The van der Waals surface area contributed by atoms with Crippen molar-refractivity contribution in [3.63, 3.8) is 0 Å². The molecule has 0 rings (SSSR count). The molecule has 3 heteroatoms. The molecule has 0 aromatic heterocycles. The Morgan fingerprint density at radius 2 is 2.33 bits per heavy atom. The molecule has 0 aliphatic heterocycles. The third-order valence-electron chi connectivity index (χ3n) is 1.05. The van der Waals surface area contributed by atoms with Crippen LogP contribution in [0.3, 0.4) is 0 Å². The smallest absolute Gasteiger partial charge is 0.303 e. The van der Waals surface area contributed by atoms with Gasteiger partial charge in [0.2, 0.25) is 0 Å². The maximum atomic E-state index is 9.94. The molecule has 0 heterocycles. The second-order valence-electron chi connectivity index (χ2n) is 2.26. The number of hydrogen-bond acceptors (Lipinski definition) is 2. The highest BCUT2D eigenvalue weighted by molar-refractivity contribution is 5.66. The van der Waals surface area contributed by atoms with E-state index >= 15 is 0 Å². The highest BCUT2D eigenvalue weighted by Gasteiger charge is 1.97. The molecular formula is C6H13NO2. The van der Waals surface area contributed by atoms with Crippen LogP contribution in [0.4, 0.5) is 0 Å². The molecule has 3 nitrogen and oxygen atoms in total. The normalized spacial score (nSPS) is 13.1. The predicted molar refractivity (Wildman–Crippen MR) is 35.1 cm³/mol. The highest BCUT2D eigenvalue weighted by atomic mass is 16.4. The van der Waals surface area contributed by atoms with E-state index in [0.717, 1.165) is 6.42 Å². The van der Waals surface area contributed by atoms with Crippen LogP contribution in [-0.2, 0) is 4.79 Å². The summed E-state index contributed by atoms with van der Waals surface area (Å²) in [5.41, 5.74) is 5.39. The number of nitrogens with two attached hydrogens (primary N) is 1. The summed E-state index contributed by atoms with van der Waals surface area (Å²) in [7, 11) is 0. The highest BCUT2D eigenvalue weighted by Crippen LogP contribution is 1.96. The Labute approximate surface area is 54.9 Å². The van der Waals surface area contributed by atoms with Crippen LogP contribution in [-0.4, -0.2) is 17.1 Å². The van der Waals surface area contributed by atoms with Crippen molar-refractivity contribution in [3.8, 4) is 0 Å². The van der Waals surface area contributed by atoms with Gasteiger partial charge in [0.1, 0.15) is 0 Å². The van der Waals surface area contributed by atoms with Crippen molar-refractivity contribution >= 4 is 5.97 Å². The first kappa shape index (κ1) is 8.43. The van der Waals surface area contributed by atoms with Crippen LogP contribution in [0.1, 0.15) is 26.2 Å². The number of aliphatic carboxylic acids is 1. The number of rotatable bonds is 4. The van der Waals surface area contributed by atoms with Crippen molar-refractivity contribution in [2.75, 3.05) is 0 Å².